The fraction of sp³-hybridized carbons (Fsp3) is 0.259. The van der Waals surface area contributed by atoms with Crippen molar-refractivity contribution in [1.82, 2.24) is 0 Å². The first kappa shape index (κ1) is 23.1. The summed E-state index contributed by atoms with van der Waals surface area (Å²) in [5.74, 6) is -0.999. The summed E-state index contributed by atoms with van der Waals surface area (Å²) in [6.07, 6.45) is -0.507. The van der Waals surface area contributed by atoms with Crippen LogP contribution in [0.15, 0.2) is 60.7 Å². The minimum atomic E-state index is -5.06. The molecule has 5 nitrogen and oxygen atoms in total. The van der Waals surface area contributed by atoms with Crippen molar-refractivity contribution in [3.63, 3.8) is 0 Å². The molecule has 2 aliphatic rings. The maximum absolute atomic E-state index is 13.8. The van der Waals surface area contributed by atoms with Crippen molar-refractivity contribution < 1.29 is 27.6 Å². The third-order valence-corrected chi connectivity index (χ3v) is 6.67. The number of hydrogen-bond donors (Lipinski definition) is 1. The molecule has 0 bridgehead atoms. The van der Waals surface area contributed by atoms with Gasteiger partial charge in [-0.25, -0.2) is 5.06 Å². The van der Waals surface area contributed by atoms with Gasteiger partial charge in [-0.05, 0) is 42.5 Å². The average molecular weight is 480 g/mol. The van der Waals surface area contributed by atoms with Crippen LogP contribution in [0.4, 0.5) is 30.2 Å². The molecule has 1 fully saturated rings. The van der Waals surface area contributed by atoms with Gasteiger partial charge < -0.3 is 5.73 Å². The van der Waals surface area contributed by atoms with E-state index in [1.807, 2.05) is 0 Å². The molecule has 0 radical (unpaired) electrons. The molecule has 0 heterocycles. The van der Waals surface area contributed by atoms with Crippen molar-refractivity contribution in [3.8, 4) is 0 Å². The van der Waals surface area contributed by atoms with Crippen molar-refractivity contribution in [3.05, 3.63) is 88.5 Å². The van der Waals surface area contributed by atoms with Gasteiger partial charge in [-0.2, -0.15) is 4.84 Å². The Morgan fingerprint density at radius 3 is 2.00 bits per heavy atom. The molecule has 2 N–H and O–H groups in total. The average Bonchev–Trinajstić information content (AvgIpc) is 2.86. The lowest BCUT2D eigenvalue weighted by Crippen LogP contribution is -2.32. The number of nitrogens with two attached hydrogens (primary N) is 1. The number of fused-ring (bicyclic) bond motifs is 2. The summed E-state index contributed by atoms with van der Waals surface area (Å²) in [5, 5.41) is 0.541. The van der Waals surface area contributed by atoms with E-state index in [-0.39, 0.29) is 45.2 Å². The fourth-order valence-corrected chi connectivity index (χ4v) is 5.22. The molecule has 0 unspecified atom stereocenters. The predicted molar refractivity (Wildman–Crippen MR) is 126 cm³/mol. The summed E-state index contributed by atoms with van der Waals surface area (Å²) < 4.78 is 40.6. The molecule has 5 rings (SSSR count). The van der Waals surface area contributed by atoms with Gasteiger partial charge in [0.05, 0.1) is 16.9 Å². The van der Waals surface area contributed by atoms with Gasteiger partial charge in [0.25, 0.3) is 0 Å². The van der Waals surface area contributed by atoms with E-state index in [0.717, 1.165) is 32.1 Å². The third kappa shape index (κ3) is 4.18. The number of carbonyl (C=O) groups excluding carboxylic acids is 2. The molecule has 0 spiro atoms. The van der Waals surface area contributed by atoms with Gasteiger partial charge in [-0.15, -0.1) is 13.2 Å². The molecule has 0 amide bonds. The van der Waals surface area contributed by atoms with Gasteiger partial charge in [0, 0.05) is 22.4 Å². The van der Waals surface area contributed by atoms with Crippen molar-refractivity contribution in [2.75, 3.05) is 10.8 Å². The number of ketones is 2. The Bertz CT molecular complexity index is 1300. The lowest BCUT2D eigenvalue weighted by molar-refractivity contribution is -0.325. The second-order valence-corrected chi connectivity index (χ2v) is 8.85. The van der Waals surface area contributed by atoms with Crippen molar-refractivity contribution in [2.24, 2.45) is 0 Å². The van der Waals surface area contributed by atoms with E-state index in [4.69, 9.17) is 5.73 Å². The van der Waals surface area contributed by atoms with Crippen molar-refractivity contribution >= 4 is 28.6 Å². The maximum atomic E-state index is 13.8. The number of halogens is 3. The molecular weight excluding hydrogens is 457 g/mol. The molecule has 0 saturated heterocycles. The van der Waals surface area contributed by atoms with Crippen LogP contribution in [0.1, 0.15) is 75.4 Å². The Kier molecular flexibility index (Phi) is 5.84. The lowest BCUT2D eigenvalue weighted by Gasteiger charge is -2.33. The fourth-order valence-electron chi connectivity index (χ4n) is 5.22. The van der Waals surface area contributed by atoms with Crippen molar-refractivity contribution in [1.29, 1.82) is 0 Å². The summed E-state index contributed by atoms with van der Waals surface area (Å²) >= 11 is 0. The summed E-state index contributed by atoms with van der Waals surface area (Å²) in [4.78, 5) is 31.9. The van der Waals surface area contributed by atoms with Gasteiger partial charge >= 0.3 is 6.36 Å². The van der Waals surface area contributed by atoms with Crippen LogP contribution in [0.3, 0.4) is 0 Å². The minimum Gasteiger partial charge on any atom is -0.398 e. The van der Waals surface area contributed by atoms with Gasteiger partial charge in [-0.1, -0.05) is 61.7 Å². The topological polar surface area (TPSA) is 72.6 Å². The highest BCUT2D eigenvalue weighted by atomic mass is 19.4. The van der Waals surface area contributed by atoms with Crippen LogP contribution in [-0.4, -0.2) is 17.9 Å². The van der Waals surface area contributed by atoms with E-state index >= 15 is 0 Å². The number of rotatable bonds is 4. The van der Waals surface area contributed by atoms with Crippen LogP contribution in [0, 0.1) is 0 Å². The zero-order chi connectivity index (χ0) is 24.7. The molecule has 2 aliphatic carbocycles. The molecule has 0 aliphatic heterocycles. The van der Waals surface area contributed by atoms with E-state index in [1.54, 1.807) is 36.4 Å². The van der Waals surface area contributed by atoms with E-state index < -0.39 is 17.9 Å². The largest absolute Gasteiger partial charge is 0.544 e. The molecular formula is C27H23F3N2O3. The first-order valence-corrected chi connectivity index (χ1v) is 11.5. The second-order valence-electron chi connectivity index (χ2n) is 8.85. The zero-order valence-corrected chi connectivity index (χ0v) is 18.8. The normalized spacial score (nSPS) is 16.1. The summed E-state index contributed by atoms with van der Waals surface area (Å²) in [6.45, 7) is 0. The smallest absolute Gasteiger partial charge is 0.398 e. The summed E-state index contributed by atoms with van der Waals surface area (Å²) in [7, 11) is 0. The maximum Gasteiger partial charge on any atom is 0.544 e. The van der Waals surface area contributed by atoms with Crippen LogP contribution >= 0.6 is 0 Å². The molecule has 0 atom stereocenters. The monoisotopic (exact) mass is 480 g/mol. The van der Waals surface area contributed by atoms with E-state index in [0.29, 0.717) is 10.6 Å². The Balaban J connectivity index is 1.80. The molecule has 1 saturated carbocycles. The van der Waals surface area contributed by atoms with Gasteiger partial charge in [0.1, 0.15) is 0 Å². The highest BCUT2D eigenvalue weighted by Gasteiger charge is 2.41. The quantitative estimate of drug-likeness (QED) is 0.261. The highest BCUT2D eigenvalue weighted by molar-refractivity contribution is 6.31. The van der Waals surface area contributed by atoms with Crippen LogP contribution < -0.4 is 10.8 Å². The molecule has 8 heteroatoms. The number of alkyl halides is 3. The van der Waals surface area contributed by atoms with Gasteiger partial charge in [-0.3, -0.25) is 9.59 Å². The van der Waals surface area contributed by atoms with E-state index in [9.17, 15) is 22.8 Å². The van der Waals surface area contributed by atoms with Gasteiger partial charge in [0.15, 0.2) is 11.6 Å². The lowest BCUT2D eigenvalue weighted by atomic mass is 9.74. The number of anilines is 3. The third-order valence-electron chi connectivity index (χ3n) is 6.67. The van der Waals surface area contributed by atoms with Crippen LogP contribution in [0.5, 0.6) is 0 Å². The Morgan fingerprint density at radius 1 is 0.829 bits per heavy atom. The zero-order valence-electron chi connectivity index (χ0n) is 18.8. The first-order chi connectivity index (χ1) is 16.8. The SMILES string of the molecule is Nc1cc(N(OC(F)(F)F)c2ccccc2)c2c(c1C1CCCCC1)C(=O)c1ccccc1C2=O. The standard InChI is InChI=1S/C27H23F3N2O3/c28-27(29,30)35-32(17-11-5-2-6-12-17)21-15-20(31)22(16-9-3-1-4-10-16)24-23(21)25(33)18-13-7-8-14-19(18)26(24)34/h2,5-8,11-16H,1,3-4,9-10,31H2. The first-order valence-electron chi connectivity index (χ1n) is 11.5. The number of para-hydroxylation sites is 1. The number of hydrogen-bond acceptors (Lipinski definition) is 5. The van der Waals surface area contributed by atoms with Crippen molar-refractivity contribution in [2.45, 2.75) is 44.4 Å². The minimum absolute atomic E-state index is 0.0379. The Hall–Kier alpha value is -3.65. The Labute approximate surface area is 200 Å². The van der Waals surface area contributed by atoms with E-state index in [2.05, 4.69) is 4.84 Å². The molecule has 180 valence electrons. The molecule has 3 aromatic carbocycles. The van der Waals surface area contributed by atoms with Gasteiger partial charge in [0.2, 0.25) is 0 Å². The number of benzene rings is 3. The van der Waals surface area contributed by atoms with Crippen LogP contribution in [0.2, 0.25) is 0 Å². The number of nitrogens with zero attached hydrogens (tertiary/aromatic N) is 1. The molecule has 35 heavy (non-hydrogen) atoms. The predicted octanol–water partition coefficient (Wildman–Crippen LogP) is 6.68. The summed E-state index contributed by atoms with van der Waals surface area (Å²) in [6, 6.07) is 15.3. The number of carbonyl (C=O) groups is 2. The second kappa shape index (κ2) is 8.85. The summed E-state index contributed by atoms with van der Waals surface area (Å²) in [5.41, 5.74) is 7.35. The van der Waals surface area contributed by atoms with Crippen LogP contribution in [0.25, 0.3) is 0 Å². The number of nitrogen functional groups attached to an aromatic ring is 1. The highest BCUT2D eigenvalue weighted by Crippen LogP contribution is 2.47. The molecule has 0 aromatic heterocycles. The molecule has 3 aromatic rings. The van der Waals surface area contributed by atoms with Crippen LogP contribution in [-0.2, 0) is 4.84 Å². The van der Waals surface area contributed by atoms with E-state index in [1.165, 1.54) is 24.3 Å². The Morgan fingerprint density at radius 2 is 1.40 bits per heavy atom.